The van der Waals surface area contributed by atoms with Gasteiger partial charge in [0.1, 0.15) is 5.82 Å². The number of pyridine rings is 1. The summed E-state index contributed by atoms with van der Waals surface area (Å²) in [5, 5.41) is 5.89. The minimum Gasteiger partial charge on any atom is -0.369 e. The van der Waals surface area contributed by atoms with Gasteiger partial charge in [-0.2, -0.15) is 0 Å². The summed E-state index contributed by atoms with van der Waals surface area (Å²) >= 11 is 0. The molecule has 0 atom stereocenters. The van der Waals surface area contributed by atoms with E-state index in [0.29, 0.717) is 0 Å². The predicted octanol–water partition coefficient (Wildman–Crippen LogP) is 3.41. The van der Waals surface area contributed by atoms with Crippen molar-refractivity contribution in [1.29, 1.82) is 0 Å². The molecule has 2 aromatic rings. The summed E-state index contributed by atoms with van der Waals surface area (Å²) < 4.78 is 0. The number of rotatable bonds is 6. The van der Waals surface area contributed by atoms with Crippen molar-refractivity contribution >= 4 is 16.6 Å². The minimum atomic E-state index is 0.234. The average Bonchev–Trinajstić information content (AvgIpc) is 2.43. The molecule has 0 unspecified atom stereocenters. The minimum absolute atomic E-state index is 0.234. The van der Waals surface area contributed by atoms with Gasteiger partial charge in [0.25, 0.3) is 0 Å². The molecule has 0 saturated carbocycles. The molecule has 0 saturated heterocycles. The zero-order valence-electron chi connectivity index (χ0n) is 11.8. The lowest BCUT2D eigenvalue weighted by Gasteiger charge is -2.25. The van der Waals surface area contributed by atoms with Crippen molar-refractivity contribution in [3.8, 4) is 0 Å². The topological polar surface area (TPSA) is 50.9 Å². The molecule has 0 spiro atoms. The van der Waals surface area contributed by atoms with Gasteiger partial charge in [0.05, 0.1) is 0 Å². The van der Waals surface area contributed by atoms with Crippen LogP contribution in [-0.2, 0) is 0 Å². The molecule has 0 fully saturated rings. The summed E-state index contributed by atoms with van der Waals surface area (Å²) in [4.78, 5) is 4.45. The monoisotopic (exact) mass is 257 g/mol. The molecule has 0 aliphatic heterocycles. The molecule has 2 rings (SSSR count). The molecule has 3 nitrogen and oxygen atoms in total. The zero-order chi connectivity index (χ0) is 13.7. The number of hydrogen-bond donors (Lipinski definition) is 2. The fraction of sp³-hybridized carbons (Fsp3) is 0.438. The van der Waals surface area contributed by atoms with E-state index in [2.05, 4.69) is 48.4 Å². The van der Waals surface area contributed by atoms with Crippen molar-refractivity contribution in [3.63, 3.8) is 0 Å². The smallest absolute Gasteiger partial charge is 0.133 e. The third kappa shape index (κ3) is 3.67. The van der Waals surface area contributed by atoms with Gasteiger partial charge in [0.2, 0.25) is 0 Å². The molecule has 19 heavy (non-hydrogen) atoms. The summed E-state index contributed by atoms with van der Waals surface area (Å²) in [5.41, 5.74) is 5.82. The molecule has 0 bridgehead atoms. The summed E-state index contributed by atoms with van der Waals surface area (Å²) in [6.07, 6.45) is 4.05. The molecule has 3 heteroatoms. The standard InChI is InChI=1S/C16H23N3/c1-16(2,9-5-10-17)12-19-15-14-7-4-3-6-13(14)8-11-18-15/h3-4,6-8,11H,5,9-10,12,17H2,1-2H3,(H,18,19). The Bertz CT molecular complexity index is 529. The number of aromatic nitrogens is 1. The Morgan fingerprint density at radius 3 is 2.79 bits per heavy atom. The van der Waals surface area contributed by atoms with E-state index in [-0.39, 0.29) is 5.41 Å². The highest BCUT2D eigenvalue weighted by atomic mass is 15.0. The zero-order valence-corrected chi connectivity index (χ0v) is 11.8. The lowest BCUT2D eigenvalue weighted by atomic mass is 9.88. The van der Waals surface area contributed by atoms with Gasteiger partial charge in [0, 0.05) is 18.1 Å². The molecule has 1 heterocycles. The molecule has 3 N–H and O–H groups in total. The van der Waals surface area contributed by atoms with Crippen LogP contribution in [0.3, 0.4) is 0 Å². The van der Waals surface area contributed by atoms with Gasteiger partial charge in [-0.1, -0.05) is 38.1 Å². The Morgan fingerprint density at radius 2 is 2.00 bits per heavy atom. The average molecular weight is 257 g/mol. The van der Waals surface area contributed by atoms with Gasteiger partial charge in [-0.05, 0) is 36.3 Å². The molecule has 0 radical (unpaired) electrons. The van der Waals surface area contributed by atoms with E-state index in [4.69, 9.17) is 5.73 Å². The fourth-order valence-electron chi connectivity index (χ4n) is 2.25. The Kier molecular flexibility index (Phi) is 4.38. The molecule has 1 aromatic carbocycles. The van der Waals surface area contributed by atoms with Crippen LogP contribution in [0.15, 0.2) is 36.5 Å². The van der Waals surface area contributed by atoms with E-state index in [1.807, 2.05) is 12.3 Å². The molecule has 0 aliphatic rings. The fourth-order valence-corrected chi connectivity index (χ4v) is 2.25. The van der Waals surface area contributed by atoms with E-state index in [1.165, 1.54) is 10.8 Å². The van der Waals surface area contributed by atoms with Gasteiger partial charge < -0.3 is 11.1 Å². The first-order chi connectivity index (χ1) is 9.12. The summed E-state index contributed by atoms with van der Waals surface area (Å²) in [6, 6.07) is 10.4. The van der Waals surface area contributed by atoms with Crippen LogP contribution in [0.25, 0.3) is 10.8 Å². The summed E-state index contributed by atoms with van der Waals surface area (Å²) in [5.74, 6) is 0.971. The lowest BCUT2D eigenvalue weighted by Crippen LogP contribution is -2.24. The van der Waals surface area contributed by atoms with Crippen LogP contribution in [0.1, 0.15) is 26.7 Å². The van der Waals surface area contributed by atoms with Crippen LogP contribution in [0.2, 0.25) is 0 Å². The number of nitrogens with zero attached hydrogens (tertiary/aromatic N) is 1. The first kappa shape index (κ1) is 13.8. The second-order valence-corrected chi connectivity index (χ2v) is 5.79. The quantitative estimate of drug-likeness (QED) is 0.833. The number of anilines is 1. The molecular formula is C16H23N3. The maximum atomic E-state index is 5.58. The second-order valence-electron chi connectivity index (χ2n) is 5.79. The summed E-state index contributed by atoms with van der Waals surface area (Å²) in [7, 11) is 0. The predicted molar refractivity (Wildman–Crippen MR) is 82.3 cm³/mol. The summed E-state index contributed by atoms with van der Waals surface area (Å²) in [6.45, 7) is 6.20. The van der Waals surface area contributed by atoms with Crippen molar-refractivity contribution in [2.24, 2.45) is 11.1 Å². The third-order valence-corrected chi connectivity index (χ3v) is 3.47. The normalized spacial score (nSPS) is 11.7. The van der Waals surface area contributed by atoms with E-state index in [9.17, 15) is 0 Å². The van der Waals surface area contributed by atoms with Crippen molar-refractivity contribution in [1.82, 2.24) is 4.98 Å². The van der Waals surface area contributed by atoms with Crippen LogP contribution in [-0.4, -0.2) is 18.1 Å². The number of benzene rings is 1. The first-order valence-corrected chi connectivity index (χ1v) is 6.90. The highest BCUT2D eigenvalue weighted by Gasteiger charge is 2.17. The van der Waals surface area contributed by atoms with E-state index in [1.54, 1.807) is 0 Å². The Balaban J connectivity index is 2.09. The Morgan fingerprint density at radius 1 is 1.21 bits per heavy atom. The van der Waals surface area contributed by atoms with Crippen LogP contribution >= 0.6 is 0 Å². The number of hydrogen-bond acceptors (Lipinski definition) is 3. The van der Waals surface area contributed by atoms with Crippen molar-refractivity contribution in [2.45, 2.75) is 26.7 Å². The molecule has 0 amide bonds. The van der Waals surface area contributed by atoms with Crippen molar-refractivity contribution < 1.29 is 0 Å². The lowest BCUT2D eigenvalue weighted by molar-refractivity contribution is 0.350. The third-order valence-electron chi connectivity index (χ3n) is 3.47. The van der Waals surface area contributed by atoms with Crippen LogP contribution < -0.4 is 11.1 Å². The highest BCUT2D eigenvalue weighted by Crippen LogP contribution is 2.25. The van der Waals surface area contributed by atoms with Gasteiger partial charge in [0.15, 0.2) is 0 Å². The molecule has 0 aliphatic carbocycles. The maximum Gasteiger partial charge on any atom is 0.133 e. The second kappa shape index (κ2) is 6.02. The van der Waals surface area contributed by atoms with Crippen molar-refractivity contribution in [2.75, 3.05) is 18.4 Å². The molecular weight excluding hydrogens is 234 g/mol. The van der Waals surface area contributed by atoms with E-state index >= 15 is 0 Å². The number of nitrogens with two attached hydrogens (primary N) is 1. The van der Waals surface area contributed by atoms with E-state index < -0.39 is 0 Å². The van der Waals surface area contributed by atoms with Gasteiger partial charge in [-0.3, -0.25) is 0 Å². The van der Waals surface area contributed by atoms with Crippen LogP contribution in [0.5, 0.6) is 0 Å². The maximum absolute atomic E-state index is 5.58. The number of nitrogens with one attached hydrogen (secondary N) is 1. The van der Waals surface area contributed by atoms with Gasteiger partial charge >= 0.3 is 0 Å². The van der Waals surface area contributed by atoms with E-state index in [0.717, 1.165) is 31.7 Å². The Hall–Kier alpha value is -1.61. The van der Waals surface area contributed by atoms with Crippen LogP contribution in [0, 0.1) is 5.41 Å². The van der Waals surface area contributed by atoms with Gasteiger partial charge in [-0.25, -0.2) is 4.98 Å². The van der Waals surface area contributed by atoms with Gasteiger partial charge in [-0.15, -0.1) is 0 Å². The Labute approximate surface area is 115 Å². The van der Waals surface area contributed by atoms with Crippen molar-refractivity contribution in [3.05, 3.63) is 36.5 Å². The first-order valence-electron chi connectivity index (χ1n) is 6.90. The largest absolute Gasteiger partial charge is 0.369 e. The number of fused-ring (bicyclic) bond motifs is 1. The molecule has 102 valence electrons. The molecule has 1 aromatic heterocycles. The van der Waals surface area contributed by atoms with Crippen LogP contribution in [0.4, 0.5) is 5.82 Å². The highest BCUT2D eigenvalue weighted by molar-refractivity contribution is 5.91. The SMILES string of the molecule is CC(C)(CCCN)CNc1nccc2ccccc12.